The van der Waals surface area contributed by atoms with Crippen LogP contribution in [0.3, 0.4) is 0 Å². The van der Waals surface area contributed by atoms with Crippen molar-refractivity contribution in [2.45, 2.75) is 11.6 Å². The lowest BCUT2D eigenvalue weighted by atomic mass is 10.4. The topological polar surface area (TPSA) is 122 Å². The van der Waals surface area contributed by atoms with Gasteiger partial charge in [0.25, 0.3) is 10.0 Å². The largest absolute Gasteiger partial charge is 0.475 e. The molecular weight excluding hydrogens is 274 g/mol. The number of sulfonamides is 1. The summed E-state index contributed by atoms with van der Waals surface area (Å²) in [7, 11) is -3.91. The average Bonchev–Trinajstić information content (AvgIpc) is 2.88. The molecule has 0 saturated heterocycles. The summed E-state index contributed by atoms with van der Waals surface area (Å²) in [6, 6.07) is 3.70. The van der Waals surface area contributed by atoms with E-state index in [-0.39, 0.29) is 6.54 Å². The van der Waals surface area contributed by atoms with E-state index in [2.05, 4.69) is 14.7 Å². The highest BCUT2D eigenvalue weighted by atomic mass is 32.2. The number of furan rings is 1. The molecule has 0 bridgehead atoms. The number of nitrogens with one attached hydrogen (secondary N) is 1. The first-order valence-electron chi connectivity index (χ1n) is 5.07. The van der Waals surface area contributed by atoms with Gasteiger partial charge in [-0.3, -0.25) is 0 Å². The third kappa shape index (κ3) is 3.14. The molecule has 2 aromatic heterocycles. The van der Waals surface area contributed by atoms with Crippen LogP contribution in [0.25, 0.3) is 0 Å². The fourth-order valence-corrected chi connectivity index (χ4v) is 2.17. The Kier molecular flexibility index (Phi) is 3.58. The van der Waals surface area contributed by atoms with E-state index in [1.807, 2.05) is 0 Å². The van der Waals surface area contributed by atoms with E-state index in [4.69, 9.17) is 9.52 Å². The third-order valence-corrected chi connectivity index (χ3v) is 3.42. The van der Waals surface area contributed by atoms with Crippen molar-refractivity contribution in [1.29, 1.82) is 0 Å². The number of carboxylic acids is 1. The van der Waals surface area contributed by atoms with E-state index in [9.17, 15) is 13.2 Å². The Balaban J connectivity index is 2.12. The zero-order chi connectivity index (χ0) is 13.9. The molecule has 2 rings (SSSR count). The molecular formula is C10H9N3O5S. The molecule has 0 aliphatic heterocycles. The van der Waals surface area contributed by atoms with Crippen LogP contribution < -0.4 is 4.72 Å². The molecule has 2 aromatic rings. The molecule has 100 valence electrons. The van der Waals surface area contributed by atoms with Crippen molar-refractivity contribution in [3.05, 3.63) is 42.2 Å². The van der Waals surface area contributed by atoms with Gasteiger partial charge in [0.15, 0.2) is 0 Å². The molecule has 0 atom stereocenters. The molecule has 2 heterocycles. The van der Waals surface area contributed by atoms with E-state index in [1.165, 1.54) is 12.5 Å². The van der Waals surface area contributed by atoms with Crippen molar-refractivity contribution in [1.82, 2.24) is 14.7 Å². The normalized spacial score (nSPS) is 11.4. The summed E-state index contributed by atoms with van der Waals surface area (Å²) in [5, 5.41) is 8.19. The van der Waals surface area contributed by atoms with Crippen LogP contribution in [0.4, 0.5) is 0 Å². The number of aromatic carboxylic acids is 1. The second-order valence-corrected chi connectivity index (χ2v) is 5.15. The number of aromatic nitrogens is 2. The van der Waals surface area contributed by atoms with E-state index in [0.29, 0.717) is 5.69 Å². The molecule has 0 spiro atoms. The highest BCUT2D eigenvalue weighted by Gasteiger charge is 2.20. The van der Waals surface area contributed by atoms with Crippen LogP contribution >= 0.6 is 0 Å². The van der Waals surface area contributed by atoms with Crippen LogP contribution in [0, 0.1) is 0 Å². The maximum Gasteiger partial charge on any atom is 0.371 e. The Morgan fingerprint density at radius 1 is 1.37 bits per heavy atom. The molecule has 0 fully saturated rings. The maximum atomic E-state index is 11.8. The van der Waals surface area contributed by atoms with Crippen LogP contribution in [-0.4, -0.2) is 29.5 Å². The molecule has 0 radical (unpaired) electrons. The van der Waals surface area contributed by atoms with Crippen molar-refractivity contribution < 1.29 is 22.7 Å². The molecule has 0 saturated carbocycles. The number of nitrogens with zero attached hydrogens (tertiary/aromatic N) is 2. The minimum absolute atomic E-state index is 0.0477. The Bertz CT molecular complexity index is 680. The van der Waals surface area contributed by atoms with Crippen LogP contribution in [-0.2, 0) is 16.6 Å². The van der Waals surface area contributed by atoms with Gasteiger partial charge < -0.3 is 9.52 Å². The first kappa shape index (κ1) is 13.2. The van der Waals surface area contributed by atoms with Gasteiger partial charge >= 0.3 is 5.97 Å². The quantitative estimate of drug-likeness (QED) is 0.806. The highest BCUT2D eigenvalue weighted by Crippen LogP contribution is 2.13. The summed E-state index contributed by atoms with van der Waals surface area (Å²) in [5.41, 5.74) is 0.476. The van der Waals surface area contributed by atoms with Crippen molar-refractivity contribution >= 4 is 16.0 Å². The average molecular weight is 283 g/mol. The second kappa shape index (κ2) is 5.16. The Labute approximate surface area is 108 Å². The van der Waals surface area contributed by atoms with Crippen molar-refractivity contribution in [3.8, 4) is 0 Å². The molecule has 2 N–H and O–H groups in total. The molecule has 0 unspecified atom stereocenters. The fourth-order valence-electron chi connectivity index (χ4n) is 1.24. The van der Waals surface area contributed by atoms with Gasteiger partial charge in [0, 0.05) is 6.20 Å². The molecule has 0 aliphatic rings. The summed E-state index contributed by atoms with van der Waals surface area (Å²) in [4.78, 5) is 18.1. The number of carbonyl (C=O) groups is 1. The number of hydrogen-bond acceptors (Lipinski definition) is 6. The smallest absolute Gasteiger partial charge is 0.371 e. The van der Waals surface area contributed by atoms with Gasteiger partial charge in [-0.15, -0.1) is 0 Å². The summed E-state index contributed by atoms with van der Waals surface area (Å²) in [6.07, 6.45) is 2.77. The van der Waals surface area contributed by atoms with Crippen LogP contribution in [0.15, 0.2) is 40.2 Å². The lowest BCUT2D eigenvalue weighted by molar-refractivity contribution is 0.0656. The maximum absolute atomic E-state index is 11.8. The molecule has 19 heavy (non-hydrogen) atoms. The molecule has 9 heteroatoms. The highest BCUT2D eigenvalue weighted by molar-refractivity contribution is 7.89. The Hall–Kier alpha value is -2.26. The fraction of sp³-hybridized carbons (Fsp3) is 0.100. The summed E-state index contributed by atoms with van der Waals surface area (Å²) in [6.45, 7) is -0.0477. The molecule has 8 nitrogen and oxygen atoms in total. The summed E-state index contributed by atoms with van der Waals surface area (Å²) < 4.78 is 30.6. The predicted molar refractivity (Wildman–Crippen MR) is 61.7 cm³/mol. The monoisotopic (exact) mass is 283 g/mol. The standard InChI is InChI=1S/C10H9N3O5S/c14-10(15)8-1-2-9(18-8)19(16,17)13-5-7-3-4-11-6-12-7/h1-4,6,13H,5H2,(H,14,15). The minimum Gasteiger partial charge on any atom is -0.475 e. The van der Waals surface area contributed by atoms with Gasteiger partial charge in [0.2, 0.25) is 10.9 Å². The molecule has 0 amide bonds. The van der Waals surface area contributed by atoms with Gasteiger partial charge in [-0.2, -0.15) is 0 Å². The van der Waals surface area contributed by atoms with E-state index >= 15 is 0 Å². The number of rotatable bonds is 5. The zero-order valence-electron chi connectivity index (χ0n) is 9.48. The summed E-state index contributed by atoms with van der Waals surface area (Å²) in [5.74, 6) is -1.78. The van der Waals surface area contributed by atoms with Gasteiger partial charge in [0.05, 0.1) is 12.2 Å². The Morgan fingerprint density at radius 2 is 2.16 bits per heavy atom. The zero-order valence-corrected chi connectivity index (χ0v) is 10.3. The Morgan fingerprint density at radius 3 is 2.74 bits per heavy atom. The van der Waals surface area contributed by atoms with E-state index in [0.717, 1.165) is 12.1 Å². The lowest BCUT2D eigenvalue weighted by Crippen LogP contribution is -2.23. The van der Waals surface area contributed by atoms with Gasteiger partial charge in [-0.25, -0.2) is 27.9 Å². The van der Waals surface area contributed by atoms with Crippen LogP contribution in [0.2, 0.25) is 0 Å². The SMILES string of the molecule is O=C(O)c1ccc(S(=O)(=O)NCc2ccncn2)o1. The van der Waals surface area contributed by atoms with Crippen molar-refractivity contribution in [3.63, 3.8) is 0 Å². The molecule has 0 aliphatic carbocycles. The van der Waals surface area contributed by atoms with E-state index < -0.39 is 26.8 Å². The number of carboxylic acid groups (broad SMARTS) is 1. The van der Waals surface area contributed by atoms with Crippen LogP contribution in [0.1, 0.15) is 16.2 Å². The first-order valence-corrected chi connectivity index (χ1v) is 6.55. The van der Waals surface area contributed by atoms with Gasteiger partial charge in [0.1, 0.15) is 6.33 Å². The second-order valence-electron chi connectivity index (χ2n) is 3.45. The first-order chi connectivity index (χ1) is 8.99. The lowest BCUT2D eigenvalue weighted by Gasteiger charge is -2.02. The summed E-state index contributed by atoms with van der Waals surface area (Å²) >= 11 is 0. The molecule has 0 aromatic carbocycles. The van der Waals surface area contributed by atoms with Gasteiger partial charge in [-0.05, 0) is 18.2 Å². The minimum atomic E-state index is -3.91. The predicted octanol–water partition coefficient (Wildman–Crippen LogP) is 0.246. The number of hydrogen-bond donors (Lipinski definition) is 2. The van der Waals surface area contributed by atoms with Gasteiger partial charge in [-0.1, -0.05) is 0 Å². The van der Waals surface area contributed by atoms with Crippen LogP contribution in [0.5, 0.6) is 0 Å². The van der Waals surface area contributed by atoms with Crippen molar-refractivity contribution in [2.24, 2.45) is 0 Å². The van der Waals surface area contributed by atoms with E-state index in [1.54, 1.807) is 6.07 Å². The van der Waals surface area contributed by atoms with Crippen molar-refractivity contribution in [2.75, 3.05) is 0 Å². The third-order valence-electron chi connectivity index (χ3n) is 2.14.